The van der Waals surface area contributed by atoms with Gasteiger partial charge in [0, 0.05) is 58.1 Å². The number of nitrogens with zero attached hydrogens (tertiary/aromatic N) is 8. The van der Waals surface area contributed by atoms with Crippen LogP contribution in [0.15, 0.2) is 73.1 Å². The minimum absolute atomic E-state index is 0.118. The monoisotopic (exact) mass is 757 g/mol. The normalized spacial score (nSPS) is 13.7. The first-order valence-electron chi connectivity index (χ1n) is 17.4. The number of aromatic nitrogens is 5. The quantitative estimate of drug-likeness (QED) is 0.155. The topological polar surface area (TPSA) is 148 Å². The zero-order chi connectivity index (χ0) is 38.2. The lowest BCUT2D eigenvalue weighted by atomic mass is 10.1. The van der Waals surface area contributed by atoms with Gasteiger partial charge in [0.15, 0.2) is 11.6 Å². The fourth-order valence-corrected chi connectivity index (χ4v) is 6.92. The Morgan fingerprint density at radius 2 is 1.43 bits per heavy atom. The molecule has 0 bridgehead atoms. The molecule has 2 aromatic carbocycles. The highest BCUT2D eigenvalue weighted by molar-refractivity contribution is 7.88. The van der Waals surface area contributed by atoms with E-state index in [4.69, 9.17) is 34.1 Å². The standard InChI is InChI=1S/C38H44FN9O5S/c1-26-42-36(45-38(43-26)47(24-27-6-10-31(51-2)11-7-27)25-28-8-12-32(52-3)13-9-28)33-20-29(14-15-46-16-18-48(19-17-46)54(5,49)50)22-40-35(33)44-30-21-34(39)37(53-4)41-23-30/h6-13,20-23H,14-19,24-25H2,1-5H3,(H,40,44). The molecule has 1 fully saturated rings. The van der Waals surface area contributed by atoms with E-state index in [0.29, 0.717) is 86.9 Å². The van der Waals surface area contributed by atoms with E-state index < -0.39 is 15.8 Å². The molecule has 5 aromatic rings. The van der Waals surface area contributed by atoms with Crippen molar-refractivity contribution in [2.45, 2.75) is 26.4 Å². The Morgan fingerprint density at radius 1 is 0.796 bits per heavy atom. The Bertz CT molecular complexity index is 2100. The smallest absolute Gasteiger partial charge is 0.250 e. The number of hydrogen-bond acceptors (Lipinski definition) is 13. The molecule has 0 unspecified atom stereocenters. The molecular formula is C38H44FN9O5S. The van der Waals surface area contributed by atoms with Crippen molar-refractivity contribution in [3.63, 3.8) is 0 Å². The van der Waals surface area contributed by atoms with Crippen LogP contribution in [0.4, 0.5) is 21.8 Å². The molecule has 0 spiro atoms. The second kappa shape index (κ2) is 17.1. The van der Waals surface area contributed by atoms with Crippen LogP contribution < -0.4 is 24.4 Å². The summed E-state index contributed by atoms with van der Waals surface area (Å²) >= 11 is 0. The molecule has 16 heteroatoms. The molecule has 14 nitrogen and oxygen atoms in total. The van der Waals surface area contributed by atoms with Crippen molar-refractivity contribution in [3.8, 4) is 28.8 Å². The molecule has 0 saturated carbocycles. The van der Waals surface area contributed by atoms with E-state index in [0.717, 1.165) is 28.2 Å². The summed E-state index contributed by atoms with van der Waals surface area (Å²) in [5.74, 6) is 2.52. The number of ether oxygens (including phenoxy) is 3. The molecule has 0 radical (unpaired) electrons. The van der Waals surface area contributed by atoms with Gasteiger partial charge < -0.3 is 29.3 Å². The molecule has 0 aliphatic carbocycles. The minimum Gasteiger partial charge on any atom is -0.497 e. The first kappa shape index (κ1) is 38.3. The lowest BCUT2D eigenvalue weighted by molar-refractivity contribution is 0.191. The Kier molecular flexibility index (Phi) is 12.1. The maximum absolute atomic E-state index is 14.7. The van der Waals surface area contributed by atoms with E-state index in [1.807, 2.05) is 61.5 Å². The van der Waals surface area contributed by atoms with Crippen LogP contribution in [-0.2, 0) is 29.5 Å². The molecule has 284 valence electrons. The van der Waals surface area contributed by atoms with Crippen LogP contribution in [0, 0.1) is 12.7 Å². The zero-order valence-corrected chi connectivity index (χ0v) is 31.8. The van der Waals surface area contributed by atoms with E-state index in [1.54, 1.807) is 20.4 Å². The number of aryl methyl sites for hydroxylation is 1. The number of hydrogen-bond donors (Lipinski definition) is 1. The predicted molar refractivity (Wildman–Crippen MR) is 204 cm³/mol. The lowest BCUT2D eigenvalue weighted by Gasteiger charge is -2.33. The third-order valence-corrected chi connectivity index (χ3v) is 10.4. The van der Waals surface area contributed by atoms with Crippen LogP contribution in [-0.4, -0.2) is 103 Å². The third kappa shape index (κ3) is 9.75. The Labute approximate surface area is 315 Å². The molecule has 0 atom stereocenters. The largest absolute Gasteiger partial charge is 0.497 e. The molecular weight excluding hydrogens is 714 g/mol. The second-order valence-corrected chi connectivity index (χ2v) is 14.9. The number of nitrogens with one attached hydrogen (secondary N) is 1. The number of methoxy groups -OCH3 is 3. The van der Waals surface area contributed by atoms with E-state index in [-0.39, 0.29) is 5.88 Å². The predicted octanol–water partition coefficient (Wildman–Crippen LogP) is 4.87. The molecule has 0 amide bonds. The summed E-state index contributed by atoms with van der Waals surface area (Å²) in [5, 5.41) is 3.20. The van der Waals surface area contributed by atoms with Crippen LogP contribution >= 0.6 is 0 Å². The molecule has 1 saturated heterocycles. The van der Waals surface area contributed by atoms with Gasteiger partial charge in [0.2, 0.25) is 21.9 Å². The summed E-state index contributed by atoms with van der Waals surface area (Å²) in [6.07, 6.45) is 5.12. The minimum atomic E-state index is -3.22. The first-order chi connectivity index (χ1) is 26.0. The van der Waals surface area contributed by atoms with E-state index in [9.17, 15) is 12.8 Å². The van der Waals surface area contributed by atoms with Gasteiger partial charge in [0.25, 0.3) is 0 Å². The van der Waals surface area contributed by atoms with E-state index in [1.165, 1.54) is 29.9 Å². The van der Waals surface area contributed by atoms with Gasteiger partial charge in [0.1, 0.15) is 23.1 Å². The Morgan fingerprint density at radius 3 is 1.98 bits per heavy atom. The number of anilines is 3. The van der Waals surface area contributed by atoms with Gasteiger partial charge in [-0.25, -0.2) is 27.8 Å². The molecule has 1 aliphatic heterocycles. The number of pyridine rings is 2. The lowest BCUT2D eigenvalue weighted by Crippen LogP contribution is -2.48. The van der Waals surface area contributed by atoms with Crippen molar-refractivity contribution in [1.29, 1.82) is 0 Å². The summed E-state index contributed by atoms with van der Waals surface area (Å²) in [5.41, 5.74) is 3.94. The van der Waals surface area contributed by atoms with Crippen LogP contribution in [0.3, 0.4) is 0 Å². The highest BCUT2D eigenvalue weighted by Gasteiger charge is 2.24. The number of piperazine rings is 1. The summed E-state index contributed by atoms with van der Waals surface area (Å²) in [7, 11) is 1.41. The van der Waals surface area contributed by atoms with Gasteiger partial charge in [-0.15, -0.1) is 0 Å². The number of sulfonamides is 1. The first-order valence-corrected chi connectivity index (χ1v) is 19.2. The highest BCUT2D eigenvalue weighted by atomic mass is 32.2. The van der Waals surface area contributed by atoms with Crippen molar-refractivity contribution in [2.24, 2.45) is 0 Å². The van der Waals surface area contributed by atoms with Gasteiger partial charge in [-0.05, 0) is 60.4 Å². The van der Waals surface area contributed by atoms with Crippen LogP contribution in [0.1, 0.15) is 22.5 Å². The maximum Gasteiger partial charge on any atom is 0.250 e. The second-order valence-electron chi connectivity index (χ2n) is 12.9. The van der Waals surface area contributed by atoms with Crippen LogP contribution in [0.5, 0.6) is 17.4 Å². The van der Waals surface area contributed by atoms with Gasteiger partial charge in [-0.3, -0.25) is 0 Å². The van der Waals surface area contributed by atoms with Crippen LogP contribution in [0.2, 0.25) is 0 Å². The average Bonchev–Trinajstić information content (AvgIpc) is 3.17. The van der Waals surface area contributed by atoms with Crippen molar-refractivity contribution in [1.82, 2.24) is 34.1 Å². The van der Waals surface area contributed by atoms with E-state index in [2.05, 4.69) is 20.1 Å². The summed E-state index contributed by atoms with van der Waals surface area (Å²) in [6.45, 7) is 5.68. The van der Waals surface area contributed by atoms with Gasteiger partial charge in [-0.1, -0.05) is 24.3 Å². The number of rotatable bonds is 15. The average molecular weight is 758 g/mol. The van der Waals surface area contributed by atoms with Crippen molar-refractivity contribution in [3.05, 3.63) is 101 Å². The number of halogens is 1. The fourth-order valence-electron chi connectivity index (χ4n) is 6.10. The van der Waals surface area contributed by atoms with Crippen molar-refractivity contribution >= 4 is 27.5 Å². The fraction of sp³-hybridized carbons (Fsp3) is 0.342. The maximum atomic E-state index is 14.7. The zero-order valence-electron chi connectivity index (χ0n) is 31.0. The van der Waals surface area contributed by atoms with Crippen molar-refractivity contribution in [2.75, 3.05) is 70.5 Å². The Balaban J connectivity index is 1.35. The van der Waals surface area contributed by atoms with E-state index >= 15 is 0 Å². The molecule has 1 N–H and O–H groups in total. The van der Waals surface area contributed by atoms with Crippen molar-refractivity contribution < 1.29 is 27.0 Å². The Hall–Kier alpha value is -5.45. The highest BCUT2D eigenvalue weighted by Crippen LogP contribution is 2.30. The van der Waals surface area contributed by atoms with Gasteiger partial charge >= 0.3 is 0 Å². The van der Waals surface area contributed by atoms with Gasteiger partial charge in [0.05, 0.1) is 45.0 Å². The summed E-state index contributed by atoms with van der Waals surface area (Å²) in [6, 6.07) is 19.0. The van der Waals surface area contributed by atoms with Crippen LogP contribution in [0.25, 0.3) is 11.4 Å². The third-order valence-electron chi connectivity index (χ3n) is 9.05. The number of benzene rings is 2. The molecule has 3 aromatic heterocycles. The summed E-state index contributed by atoms with van der Waals surface area (Å²) in [4.78, 5) is 27.7. The molecule has 6 rings (SSSR count). The summed E-state index contributed by atoms with van der Waals surface area (Å²) < 4.78 is 56.0. The SMILES string of the molecule is COc1ccc(CN(Cc2ccc(OC)cc2)c2nc(C)nc(-c3cc(CCN4CCN(S(C)(=O)=O)CC4)cnc3Nc3cnc(OC)c(F)c3)n2)cc1. The van der Waals surface area contributed by atoms with Gasteiger partial charge in [-0.2, -0.15) is 14.3 Å². The molecule has 4 heterocycles. The molecule has 54 heavy (non-hydrogen) atoms. The molecule has 1 aliphatic rings.